The Labute approximate surface area is 173 Å². The Morgan fingerprint density at radius 2 is 1.83 bits per heavy atom. The van der Waals surface area contributed by atoms with Crippen LogP contribution in [0.15, 0.2) is 79.4 Å². The number of nitrogens with zero attached hydrogens (tertiary/aromatic N) is 5. The lowest BCUT2D eigenvalue weighted by Crippen LogP contribution is -2.29. The predicted molar refractivity (Wildman–Crippen MR) is 114 cm³/mol. The number of amides is 1. The molecular formula is C21H20N8O. The van der Waals surface area contributed by atoms with Crippen LogP contribution in [0.2, 0.25) is 0 Å². The highest BCUT2D eigenvalue weighted by Crippen LogP contribution is 2.13. The van der Waals surface area contributed by atoms with E-state index in [9.17, 15) is 4.79 Å². The van der Waals surface area contributed by atoms with Crippen molar-refractivity contribution in [2.45, 2.75) is 0 Å². The maximum atomic E-state index is 12.4. The zero-order valence-corrected chi connectivity index (χ0v) is 16.1. The van der Waals surface area contributed by atoms with Crippen LogP contribution >= 0.6 is 0 Å². The minimum absolute atomic E-state index is 0.145. The van der Waals surface area contributed by atoms with Crippen molar-refractivity contribution >= 4 is 23.2 Å². The summed E-state index contributed by atoms with van der Waals surface area (Å²) in [6.07, 6.45) is 6.95. The summed E-state index contributed by atoms with van der Waals surface area (Å²) in [6.45, 7) is 0.969. The summed E-state index contributed by atoms with van der Waals surface area (Å²) < 4.78 is 1.71. The fourth-order valence-corrected chi connectivity index (χ4v) is 2.76. The van der Waals surface area contributed by atoms with Crippen LogP contribution in [0, 0.1) is 0 Å². The first-order valence-corrected chi connectivity index (χ1v) is 9.41. The van der Waals surface area contributed by atoms with E-state index >= 15 is 0 Å². The highest BCUT2D eigenvalue weighted by atomic mass is 16.1. The number of benzene rings is 1. The Bertz CT molecular complexity index is 1080. The molecule has 30 heavy (non-hydrogen) atoms. The van der Waals surface area contributed by atoms with Crippen molar-refractivity contribution in [1.29, 1.82) is 0 Å². The van der Waals surface area contributed by atoms with Crippen LogP contribution in [0.25, 0.3) is 5.69 Å². The molecule has 0 radical (unpaired) electrons. The summed E-state index contributed by atoms with van der Waals surface area (Å²) in [6, 6.07) is 16.5. The third-order valence-corrected chi connectivity index (χ3v) is 4.19. The number of pyridine rings is 1. The van der Waals surface area contributed by atoms with Crippen LogP contribution < -0.4 is 16.0 Å². The number of nitrogens with one attached hydrogen (secondary N) is 3. The molecule has 3 N–H and O–H groups in total. The van der Waals surface area contributed by atoms with Crippen molar-refractivity contribution in [3.63, 3.8) is 0 Å². The first-order valence-electron chi connectivity index (χ1n) is 9.41. The molecule has 0 aliphatic carbocycles. The molecule has 0 saturated carbocycles. The topological polar surface area (TPSA) is 110 Å². The van der Waals surface area contributed by atoms with Crippen molar-refractivity contribution < 1.29 is 4.79 Å². The van der Waals surface area contributed by atoms with Gasteiger partial charge in [0, 0.05) is 37.2 Å². The second-order valence-corrected chi connectivity index (χ2v) is 6.35. The fraction of sp³-hybridized carbons (Fsp3) is 0.0952. The quantitative estimate of drug-likeness (QED) is 0.390. The second-order valence-electron chi connectivity index (χ2n) is 6.35. The van der Waals surface area contributed by atoms with Crippen molar-refractivity contribution in [1.82, 2.24) is 30.3 Å². The first kappa shape index (κ1) is 19.1. The molecule has 0 bridgehead atoms. The highest BCUT2D eigenvalue weighted by Gasteiger charge is 2.07. The maximum Gasteiger partial charge on any atom is 0.251 e. The average molecular weight is 400 g/mol. The van der Waals surface area contributed by atoms with E-state index in [1.807, 2.05) is 48.7 Å². The van der Waals surface area contributed by atoms with Crippen LogP contribution in [-0.2, 0) is 0 Å². The van der Waals surface area contributed by atoms with Crippen molar-refractivity contribution in [2.75, 3.05) is 23.7 Å². The number of carbonyl (C=O) groups excluding carboxylic acids is 1. The van der Waals surface area contributed by atoms with Gasteiger partial charge in [-0.3, -0.25) is 9.78 Å². The van der Waals surface area contributed by atoms with Gasteiger partial charge in [-0.05, 0) is 48.5 Å². The summed E-state index contributed by atoms with van der Waals surface area (Å²) in [5.74, 6) is 1.11. The molecule has 9 heteroatoms. The summed E-state index contributed by atoms with van der Waals surface area (Å²) in [7, 11) is 0. The molecular weight excluding hydrogens is 380 g/mol. The van der Waals surface area contributed by atoms with E-state index in [1.165, 1.54) is 0 Å². The summed E-state index contributed by atoms with van der Waals surface area (Å²) in [4.78, 5) is 16.4. The van der Waals surface area contributed by atoms with Crippen molar-refractivity contribution in [3.05, 3.63) is 84.9 Å². The normalized spacial score (nSPS) is 10.4. The molecule has 3 heterocycles. The standard InChI is InChI=1S/C21H20N8O/c30-21(16-4-1-6-18(14-16)29-13-3-10-25-29)24-12-11-23-19-7-8-20(28-27-19)26-17-5-2-9-22-15-17/h1-10,13-15H,11-12H2,(H,23,27)(H,24,30)(H,26,28). The van der Waals surface area contributed by atoms with E-state index in [0.29, 0.717) is 30.3 Å². The number of aromatic nitrogens is 5. The number of rotatable bonds is 8. The number of hydrogen-bond acceptors (Lipinski definition) is 7. The zero-order chi connectivity index (χ0) is 20.6. The van der Waals surface area contributed by atoms with Gasteiger partial charge in [0.05, 0.1) is 17.6 Å². The minimum atomic E-state index is -0.145. The SMILES string of the molecule is O=C(NCCNc1ccc(Nc2cccnc2)nn1)c1cccc(-n2cccn2)c1. The van der Waals surface area contributed by atoms with Gasteiger partial charge in [-0.2, -0.15) is 5.10 Å². The molecule has 0 unspecified atom stereocenters. The molecule has 4 aromatic rings. The number of hydrogen-bond donors (Lipinski definition) is 3. The summed E-state index contributed by atoms with van der Waals surface area (Å²) in [5, 5.41) is 21.6. The molecule has 0 saturated heterocycles. The van der Waals surface area contributed by atoms with E-state index in [4.69, 9.17) is 0 Å². The lowest BCUT2D eigenvalue weighted by molar-refractivity contribution is 0.0955. The summed E-state index contributed by atoms with van der Waals surface area (Å²) >= 11 is 0. The van der Waals surface area contributed by atoms with Gasteiger partial charge in [-0.15, -0.1) is 10.2 Å². The molecule has 0 fully saturated rings. The van der Waals surface area contributed by atoms with Gasteiger partial charge >= 0.3 is 0 Å². The van der Waals surface area contributed by atoms with Crippen molar-refractivity contribution in [2.24, 2.45) is 0 Å². The maximum absolute atomic E-state index is 12.4. The van der Waals surface area contributed by atoms with Gasteiger partial charge in [0.15, 0.2) is 5.82 Å². The highest BCUT2D eigenvalue weighted by molar-refractivity contribution is 5.94. The molecule has 150 valence electrons. The molecule has 9 nitrogen and oxygen atoms in total. The van der Waals surface area contributed by atoms with Gasteiger partial charge in [0.25, 0.3) is 5.91 Å². The Morgan fingerprint density at radius 1 is 0.933 bits per heavy atom. The minimum Gasteiger partial charge on any atom is -0.367 e. The van der Waals surface area contributed by atoms with Crippen LogP contribution in [0.3, 0.4) is 0 Å². The van der Waals surface area contributed by atoms with Crippen LogP contribution in [-0.4, -0.2) is 44.0 Å². The Morgan fingerprint density at radius 3 is 2.60 bits per heavy atom. The van der Waals surface area contributed by atoms with Crippen LogP contribution in [0.1, 0.15) is 10.4 Å². The van der Waals surface area contributed by atoms with E-state index in [2.05, 4.69) is 36.2 Å². The molecule has 0 aliphatic rings. The smallest absolute Gasteiger partial charge is 0.251 e. The molecule has 0 spiro atoms. The van der Waals surface area contributed by atoms with Gasteiger partial charge in [0.2, 0.25) is 0 Å². The van der Waals surface area contributed by atoms with Crippen molar-refractivity contribution in [3.8, 4) is 5.69 Å². The monoisotopic (exact) mass is 400 g/mol. The molecule has 1 aromatic carbocycles. The lowest BCUT2D eigenvalue weighted by Gasteiger charge is -2.09. The predicted octanol–water partition coefficient (Wildman–Crippen LogP) is 2.64. The third kappa shape index (κ3) is 4.96. The largest absolute Gasteiger partial charge is 0.367 e. The van der Waals surface area contributed by atoms with E-state index < -0.39 is 0 Å². The molecule has 0 aliphatic heterocycles. The molecule has 0 atom stereocenters. The van der Waals surface area contributed by atoms with Crippen LogP contribution in [0.5, 0.6) is 0 Å². The fourth-order valence-electron chi connectivity index (χ4n) is 2.76. The average Bonchev–Trinajstić information content (AvgIpc) is 3.34. The lowest BCUT2D eigenvalue weighted by atomic mass is 10.2. The van der Waals surface area contributed by atoms with Gasteiger partial charge < -0.3 is 16.0 Å². The summed E-state index contributed by atoms with van der Waals surface area (Å²) in [5.41, 5.74) is 2.25. The number of carbonyl (C=O) groups is 1. The van der Waals surface area contributed by atoms with Gasteiger partial charge in [-0.1, -0.05) is 6.07 Å². The van der Waals surface area contributed by atoms with Gasteiger partial charge in [0.1, 0.15) is 5.82 Å². The number of anilines is 3. The van der Waals surface area contributed by atoms with E-state index in [0.717, 1.165) is 11.4 Å². The van der Waals surface area contributed by atoms with E-state index in [-0.39, 0.29) is 5.91 Å². The Balaban J connectivity index is 1.24. The Kier molecular flexibility index (Phi) is 5.90. The molecule has 4 rings (SSSR count). The molecule has 1 amide bonds. The van der Waals surface area contributed by atoms with E-state index in [1.54, 1.807) is 35.4 Å². The molecule has 3 aromatic heterocycles. The third-order valence-electron chi connectivity index (χ3n) is 4.19. The van der Waals surface area contributed by atoms with Crippen LogP contribution in [0.4, 0.5) is 17.3 Å². The Hall–Kier alpha value is -4.27. The second kappa shape index (κ2) is 9.28. The first-order chi connectivity index (χ1) is 14.8. The zero-order valence-electron chi connectivity index (χ0n) is 16.1. The van der Waals surface area contributed by atoms with Gasteiger partial charge in [-0.25, -0.2) is 4.68 Å².